The number of aromatic nitrogens is 4. The van der Waals surface area contributed by atoms with Crippen LogP contribution in [0, 0.1) is 13.8 Å². The Hall–Kier alpha value is -4.34. The topological polar surface area (TPSA) is 109 Å². The van der Waals surface area contributed by atoms with Gasteiger partial charge >= 0.3 is 0 Å². The van der Waals surface area contributed by atoms with Crippen molar-refractivity contribution in [3.05, 3.63) is 53.3 Å². The van der Waals surface area contributed by atoms with E-state index in [9.17, 15) is 4.79 Å². The summed E-state index contributed by atoms with van der Waals surface area (Å²) in [5.41, 5.74) is 4.09. The second-order valence-corrected chi connectivity index (χ2v) is 8.42. The third-order valence-electron chi connectivity index (χ3n) is 6.09. The molecular weight excluding hydrogens is 462 g/mol. The Morgan fingerprint density at radius 2 is 1.72 bits per heavy atom. The van der Waals surface area contributed by atoms with E-state index in [0.717, 1.165) is 22.5 Å². The molecule has 36 heavy (non-hydrogen) atoms. The number of carbonyl (C=O) groups excluding carboxylic acids is 1. The molecule has 4 aromatic rings. The van der Waals surface area contributed by atoms with Crippen molar-refractivity contribution in [2.24, 2.45) is 0 Å². The molecule has 0 aliphatic carbocycles. The van der Waals surface area contributed by atoms with Crippen molar-refractivity contribution in [3.63, 3.8) is 0 Å². The van der Waals surface area contributed by atoms with Crippen LogP contribution in [0.25, 0.3) is 17.2 Å². The summed E-state index contributed by atoms with van der Waals surface area (Å²) in [4.78, 5) is 21.9. The maximum Gasteiger partial charge on any atom is 0.253 e. The quantitative estimate of drug-likeness (QED) is 0.418. The van der Waals surface area contributed by atoms with Crippen LogP contribution in [0.15, 0.2) is 36.4 Å². The number of hydrogen-bond acceptors (Lipinski definition) is 8. The van der Waals surface area contributed by atoms with Crippen LogP contribution < -0.4 is 24.3 Å². The first-order valence-electron chi connectivity index (χ1n) is 11.6. The van der Waals surface area contributed by atoms with Crippen molar-refractivity contribution < 1.29 is 23.7 Å². The van der Waals surface area contributed by atoms with E-state index in [0.29, 0.717) is 59.9 Å². The van der Waals surface area contributed by atoms with Crippen molar-refractivity contribution in [1.82, 2.24) is 19.6 Å². The third-order valence-corrected chi connectivity index (χ3v) is 6.09. The molecule has 1 aliphatic heterocycles. The van der Waals surface area contributed by atoms with Crippen LogP contribution in [-0.4, -0.2) is 52.9 Å². The molecule has 2 aromatic carbocycles. The first kappa shape index (κ1) is 23.4. The summed E-state index contributed by atoms with van der Waals surface area (Å²) in [6.45, 7) is 4.90. The highest BCUT2D eigenvalue weighted by Crippen LogP contribution is 2.33. The fourth-order valence-corrected chi connectivity index (χ4v) is 4.21. The van der Waals surface area contributed by atoms with Gasteiger partial charge in [-0.1, -0.05) is 0 Å². The fraction of sp³-hybridized carbons (Fsp3) is 0.308. The number of nitrogens with zero attached hydrogens (tertiary/aromatic N) is 4. The number of rotatable bonds is 7. The number of hydrogen-bond donors (Lipinski definition) is 1. The molecular formula is C26H27N5O5. The van der Waals surface area contributed by atoms with Gasteiger partial charge in [-0.05, 0) is 50.1 Å². The molecule has 10 nitrogen and oxygen atoms in total. The molecule has 0 atom stereocenters. The number of ether oxygens (including phenoxy) is 4. The lowest BCUT2D eigenvalue weighted by Gasteiger charge is -2.19. The van der Waals surface area contributed by atoms with Crippen LogP contribution >= 0.6 is 0 Å². The van der Waals surface area contributed by atoms with Crippen molar-refractivity contribution in [2.45, 2.75) is 26.7 Å². The highest BCUT2D eigenvalue weighted by Gasteiger charge is 2.17. The Bertz CT molecular complexity index is 1430. The summed E-state index contributed by atoms with van der Waals surface area (Å²) in [5.74, 6) is 3.51. The van der Waals surface area contributed by atoms with Gasteiger partial charge < -0.3 is 24.3 Å². The van der Waals surface area contributed by atoms with E-state index in [-0.39, 0.29) is 12.3 Å². The highest BCUT2D eigenvalue weighted by molar-refractivity contribution is 5.91. The Kier molecular flexibility index (Phi) is 6.32. The zero-order valence-corrected chi connectivity index (χ0v) is 20.6. The fourth-order valence-electron chi connectivity index (χ4n) is 4.21. The van der Waals surface area contributed by atoms with Gasteiger partial charge in [0.1, 0.15) is 24.7 Å². The molecule has 1 amide bonds. The molecule has 0 fully saturated rings. The average Bonchev–Trinajstić information content (AvgIpc) is 3.32. The molecule has 186 valence electrons. The smallest absolute Gasteiger partial charge is 0.253 e. The lowest BCUT2D eigenvalue weighted by Crippen LogP contribution is -2.17. The van der Waals surface area contributed by atoms with Gasteiger partial charge in [0, 0.05) is 41.2 Å². The molecule has 0 saturated heterocycles. The van der Waals surface area contributed by atoms with Crippen LogP contribution in [0.3, 0.4) is 0 Å². The maximum absolute atomic E-state index is 12.7. The maximum atomic E-state index is 12.7. The van der Waals surface area contributed by atoms with Gasteiger partial charge in [0.05, 0.1) is 14.2 Å². The van der Waals surface area contributed by atoms with E-state index in [2.05, 4.69) is 20.4 Å². The number of methoxy groups -OCH3 is 2. The van der Waals surface area contributed by atoms with Crippen LogP contribution in [0.5, 0.6) is 23.0 Å². The van der Waals surface area contributed by atoms with E-state index in [4.69, 9.17) is 18.9 Å². The van der Waals surface area contributed by atoms with E-state index >= 15 is 0 Å². The molecule has 0 bridgehead atoms. The van der Waals surface area contributed by atoms with Crippen molar-refractivity contribution in [2.75, 3.05) is 32.8 Å². The van der Waals surface area contributed by atoms with Crippen LogP contribution in [0.4, 0.5) is 5.69 Å². The average molecular weight is 490 g/mol. The molecule has 10 heteroatoms. The Morgan fingerprint density at radius 1 is 1.00 bits per heavy atom. The zero-order chi connectivity index (χ0) is 25.2. The predicted octanol–water partition coefficient (Wildman–Crippen LogP) is 3.77. The van der Waals surface area contributed by atoms with Crippen molar-refractivity contribution >= 4 is 17.4 Å². The minimum atomic E-state index is -0.103. The molecule has 0 spiro atoms. The first-order chi connectivity index (χ1) is 17.4. The van der Waals surface area contributed by atoms with Gasteiger partial charge in [0.2, 0.25) is 5.91 Å². The second-order valence-electron chi connectivity index (χ2n) is 8.42. The number of benzene rings is 2. The summed E-state index contributed by atoms with van der Waals surface area (Å²) in [5, 5.41) is 7.61. The number of anilines is 1. The zero-order valence-electron chi connectivity index (χ0n) is 20.6. The van der Waals surface area contributed by atoms with Gasteiger partial charge in [-0.15, -0.1) is 5.10 Å². The first-order valence-corrected chi connectivity index (χ1v) is 11.6. The molecule has 0 unspecified atom stereocenters. The second kappa shape index (κ2) is 9.73. The van der Waals surface area contributed by atoms with Crippen molar-refractivity contribution in [1.29, 1.82) is 0 Å². The molecule has 3 heterocycles. The monoisotopic (exact) mass is 489 g/mol. The lowest BCUT2D eigenvalue weighted by atomic mass is 10.1. The number of aryl methyl sites for hydroxylation is 2. The van der Waals surface area contributed by atoms with E-state index < -0.39 is 0 Å². The molecule has 2 aromatic heterocycles. The molecule has 0 saturated carbocycles. The molecule has 1 aliphatic rings. The minimum Gasteiger partial charge on any atom is -0.497 e. The Balaban J connectivity index is 1.34. The van der Waals surface area contributed by atoms with Crippen LogP contribution in [0.2, 0.25) is 0 Å². The van der Waals surface area contributed by atoms with E-state index in [1.165, 1.54) is 0 Å². The van der Waals surface area contributed by atoms with Gasteiger partial charge in [-0.25, -0.2) is 9.50 Å². The van der Waals surface area contributed by atoms with Crippen LogP contribution in [0.1, 0.15) is 23.4 Å². The number of carbonyl (C=O) groups is 1. The number of fused-ring (bicyclic) bond motifs is 2. The van der Waals surface area contributed by atoms with E-state index in [1.807, 2.05) is 26.0 Å². The Morgan fingerprint density at radius 3 is 2.44 bits per heavy atom. The molecule has 1 N–H and O–H groups in total. The summed E-state index contributed by atoms with van der Waals surface area (Å²) < 4.78 is 23.6. The summed E-state index contributed by atoms with van der Waals surface area (Å²) in [7, 11) is 3.20. The summed E-state index contributed by atoms with van der Waals surface area (Å²) in [6, 6.07) is 10.9. The molecule has 0 radical (unpaired) electrons. The van der Waals surface area contributed by atoms with Gasteiger partial charge in [0.15, 0.2) is 17.3 Å². The van der Waals surface area contributed by atoms with Gasteiger partial charge in [0.25, 0.3) is 5.78 Å². The van der Waals surface area contributed by atoms with Gasteiger partial charge in [-0.3, -0.25) is 4.79 Å². The Labute approximate surface area is 208 Å². The largest absolute Gasteiger partial charge is 0.497 e. The number of nitrogens with one attached hydrogen (secondary N) is 1. The SMILES string of the molecule is COc1cc(OC)cc(-c2nc3nc(C)c(CCC(=O)Nc4ccc5c(c4)OCCO5)c(C)n3n2)c1. The normalized spacial score (nSPS) is 12.4. The van der Waals surface area contributed by atoms with Crippen molar-refractivity contribution in [3.8, 4) is 34.4 Å². The third kappa shape index (κ3) is 4.61. The van der Waals surface area contributed by atoms with E-state index in [1.54, 1.807) is 43.0 Å². The van der Waals surface area contributed by atoms with Crippen LogP contribution in [-0.2, 0) is 11.2 Å². The minimum absolute atomic E-state index is 0.103. The summed E-state index contributed by atoms with van der Waals surface area (Å²) in [6.07, 6.45) is 0.803. The molecule has 5 rings (SSSR count). The summed E-state index contributed by atoms with van der Waals surface area (Å²) >= 11 is 0. The predicted molar refractivity (Wildman–Crippen MR) is 133 cm³/mol. The number of amides is 1. The standard InChI is InChI=1S/C26H27N5O5/c1-15-21(6-8-24(32)28-18-5-7-22-23(13-18)36-10-9-35-22)16(2)31-26(27-15)29-25(30-31)17-11-19(33-3)14-20(12-17)34-4/h5,7,11-14H,6,8-10H2,1-4H3,(H,28,32). The van der Waals surface area contributed by atoms with Gasteiger partial charge in [-0.2, -0.15) is 4.98 Å². The lowest BCUT2D eigenvalue weighted by molar-refractivity contribution is -0.116. The highest BCUT2D eigenvalue weighted by atomic mass is 16.6.